The molecule has 1 heterocycles. The summed E-state index contributed by atoms with van der Waals surface area (Å²) < 4.78 is 0. The van der Waals surface area contributed by atoms with Crippen LogP contribution in [-0.4, -0.2) is 23.6 Å². The van der Waals surface area contributed by atoms with E-state index in [0.29, 0.717) is 5.92 Å². The topological polar surface area (TPSA) is 49.8 Å². The first kappa shape index (κ1) is 12.1. The van der Waals surface area contributed by atoms with Crippen LogP contribution in [0.2, 0.25) is 0 Å². The molecular formula is C13H22N4. The lowest BCUT2D eigenvalue weighted by molar-refractivity contribution is 0.824. The predicted octanol–water partition coefficient (Wildman–Crippen LogP) is 2.92. The van der Waals surface area contributed by atoms with E-state index in [1.807, 2.05) is 7.05 Å². The maximum Gasteiger partial charge on any atom is 0.136 e. The fraction of sp³-hybridized carbons (Fsp3) is 0.692. The van der Waals surface area contributed by atoms with Crippen molar-refractivity contribution in [1.29, 1.82) is 0 Å². The van der Waals surface area contributed by atoms with Gasteiger partial charge in [-0.25, -0.2) is 9.97 Å². The van der Waals surface area contributed by atoms with Crippen molar-refractivity contribution in [3.63, 3.8) is 0 Å². The summed E-state index contributed by atoms with van der Waals surface area (Å²) in [5.41, 5.74) is 1.12. The van der Waals surface area contributed by atoms with Crippen LogP contribution in [0.15, 0.2) is 0 Å². The lowest BCUT2D eigenvalue weighted by Gasteiger charge is -2.13. The van der Waals surface area contributed by atoms with Gasteiger partial charge in [0.15, 0.2) is 0 Å². The average molecular weight is 234 g/mol. The molecule has 0 amide bonds. The number of unbranched alkanes of at least 4 members (excludes halogenated alkanes) is 1. The Kier molecular flexibility index (Phi) is 3.82. The Morgan fingerprint density at radius 1 is 1.24 bits per heavy atom. The molecule has 0 aliphatic heterocycles. The number of hydrogen-bond donors (Lipinski definition) is 2. The Bertz CT molecular complexity index is 385. The number of hydrogen-bond acceptors (Lipinski definition) is 4. The zero-order chi connectivity index (χ0) is 12.3. The summed E-state index contributed by atoms with van der Waals surface area (Å²) in [4.78, 5) is 9.23. The van der Waals surface area contributed by atoms with Gasteiger partial charge in [0, 0.05) is 25.1 Å². The Morgan fingerprint density at radius 3 is 2.53 bits per heavy atom. The molecule has 4 nitrogen and oxygen atoms in total. The van der Waals surface area contributed by atoms with Gasteiger partial charge >= 0.3 is 0 Å². The summed E-state index contributed by atoms with van der Waals surface area (Å²) in [6.45, 7) is 5.25. The predicted molar refractivity (Wildman–Crippen MR) is 71.7 cm³/mol. The van der Waals surface area contributed by atoms with E-state index in [0.717, 1.165) is 29.6 Å². The zero-order valence-electron chi connectivity index (χ0n) is 11.0. The maximum absolute atomic E-state index is 4.65. The van der Waals surface area contributed by atoms with Crippen molar-refractivity contribution in [2.24, 2.45) is 0 Å². The molecule has 0 spiro atoms. The van der Waals surface area contributed by atoms with Crippen LogP contribution < -0.4 is 10.6 Å². The van der Waals surface area contributed by atoms with Gasteiger partial charge in [0.25, 0.3) is 0 Å². The van der Waals surface area contributed by atoms with Crippen molar-refractivity contribution in [3.05, 3.63) is 11.4 Å². The van der Waals surface area contributed by atoms with Crippen molar-refractivity contribution in [2.45, 2.75) is 45.4 Å². The van der Waals surface area contributed by atoms with Crippen LogP contribution in [0.3, 0.4) is 0 Å². The zero-order valence-corrected chi connectivity index (χ0v) is 11.0. The molecule has 17 heavy (non-hydrogen) atoms. The molecule has 0 radical (unpaired) electrons. The summed E-state index contributed by atoms with van der Waals surface area (Å²) in [5.74, 6) is 3.55. The Balaban J connectivity index is 2.18. The normalized spacial score (nSPS) is 14.8. The molecule has 1 fully saturated rings. The highest BCUT2D eigenvalue weighted by molar-refractivity contribution is 5.57. The van der Waals surface area contributed by atoms with Gasteiger partial charge in [0.05, 0.1) is 0 Å². The van der Waals surface area contributed by atoms with Crippen LogP contribution in [-0.2, 0) is 0 Å². The van der Waals surface area contributed by atoms with Gasteiger partial charge in [-0.1, -0.05) is 13.3 Å². The lowest BCUT2D eigenvalue weighted by Crippen LogP contribution is -2.10. The summed E-state index contributed by atoms with van der Waals surface area (Å²) in [5, 5.41) is 6.58. The van der Waals surface area contributed by atoms with Gasteiger partial charge in [0.1, 0.15) is 17.5 Å². The fourth-order valence-electron chi connectivity index (χ4n) is 1.86. The van der Waals surface area contributed by atoms with E-state index in [-0.39, 0.29) is 0 Å². The minimum atomic E-state index is 0.592. The van der Waals surface area contributed by atoms with Gasteiger partial charge in [-0.2, -0.15) is 0 Å². The van der Waals surface area contributed by atoms with Crippen LogP contribution in [0.4, 0.5) is 11.6 Å². The summed E-state index contributed by atoms with van der Waals surface area (Å²) in [7, 11) is 1.92. The first-order valence-electron chi connectivity index (χ1n) is 6.56. The van der Waals surface area contributed by atoms with E-state index >= 15 is 0 Å². The van der Waals surface area contributed by atoms with E-state index in [9.17, 15) is 0 Å². The SMILES string of the molecule is CCCCNc1nc(C2CC2)nc(NC)c1C. The number of anilines is 2. The molecule has 2 N–H and O–H groups in total. The second-order valence-electron chi connectivity index (χ2n) is 4.71. The Morgan fingerprint density at radius 2 is 1.94 bits per heavy atom. The summed E-state index contributed by atoms with van der Waals surface area (Å²) in [6.07, 6.45) is 4.85. The molecular weight excluding hydrogens is 212 g/mol. The van der Waals surface area contributed by atoms with Gasteiger partial charge in [0.2, 0.25) is 0 Å². The molecule has 1 aromatic rings. The van der Waals surface area contributed by atoms with Crippen LogP contribution in [0.5, 0.6) is 0 Å². The largest absolute Gasteiger partial charge is 0.373 e. The van der Waals surface area contributed by atoms with Gasteiger partial charge < -0.3 is 10.6 Å². The fourth-order valence-corrected chi connectivity index (χ4v) is 1.86. The molecule has 0 unspecified atom stereocenters. The van der Waals surface area contributed by atoms with E-state index in [2.05, 4.69) is 34.4 Å². The van der Waals surface area contributed by atoms with E-state index < -0.39 is 0 Å². The van der Waals surface area contributed by atoms with Crippen LogP contribution in [0, 0.1) is 6.92 Å². The summed E-state index contributed by atoms with van der Waals surface area (Å²) in [6, 6.07) is 0. The molecule has 0 bridgehead atoms. The lowest BCUT2D eigenvalue weighted by atomic mass is 10.2. The quantitative estimate of drug-likeness (QED) is 0.743. The van der Waals surface area contributed by atoms with Gasteiger partial charge in [-0.15, -0.1) is 0 Å². The second kappa shape index (κ2) is 5.34. The smallest absolute Gasteiger partial charge is 0.136 e. The minimum absolute atomic E-state index is 0.592. The molecule has 1 saturated carbocycles. The Labute approximate surface area is 103 Å². The van der Waals surface area contributed by atoms with Crippen LogP contribution in [0.1, 0.15) is 49.9 Å². The highest BCUT2D eigenvalue weighted by Crippen LogP contribution is 2.39. The van der Waals surface area contributed by atoms with Gasteiger partial charge in [-0.05, 0) is 26.2 Å². The number of nitrogens with zero attached hydrogens (tertiary/aromatic N) is 2. The van der Waals surface area contributed by atoms with Crippen molar-refractivity contribution in [2.75, 3.05) is 24.2 Å². The van der Waals surface area contributed by atoms with Crippen molar-refractivity contribution in [3.8, 4) is 0 Å². The van der Waals surface area contributed by atoms with Crippen molar-refractivity contribution < 1.29 is 0 Å². The molecule has 0 atom stereocenters. The average Bonchev–Trinajstić information content (AvgIpc) is 3.15. The standard InChI is InChI=1S/C13H22N4/c1-4-5-8-15-12-9(2)11(14-3)16-13(17-12)10-6-7-10/h10H,4-8H2,1-3H3,(H2,14,15,16,17). The van der Waals surface area contributed by atoms with Gasteiger partial charge in [-0.3, -0.25) is 0 Å². The number of rotatable bonds is 6. The number of nitrogens with one attached hydrogen (secondary N) is 2. The summed E-state index contributed by atoms with van der Waals surface area (Å²) >= 11 is 0. The molecule has 4 heteroatoms. The first-order valence-corrected chi connectivity index (χ1v) is 6.56. The third-order valence-electron chi connectivity index (χ3n) is 3.17. The molecule has 2 rings (SSSR count). The third-order valence-corrected chi connectivity index (χ3v) is 3.17. The molecule has 1 aliphatic rings. The van der Waals surface area contributed by atoms with E-state index in [1.165, 1.54) is 25.7 Å². The van der Waals surface area contributed by atoms with Crippen LogP contribution >= 0.6 is 0 Å². The minimum Gasteiger partial charge on any atom is -0.373 e. The highest BCUT2D eigenvalue weighted by Gasteiger charge is 2.28. The first-order chi connectivity index (χ1) is 8.26. The molecule has 1 aliphatic carbocycles. The molecule has 0 saturated heterocycles. The maximum atomic E-state index is 4.65. The highest BCUT2D eigenvalue weighted by atomic mass is 15.1. The van der Waals surface area contributed by atoms with E-state index in [1.54, 1.807) is 0 Å². The van der Waals surface area contributed by atoms with E-state index in [4.69, 9.17) is 0 Å². The molecule has 94 valence electrons. The monoisotopic (exact) mass is 234 g/mol. The Hall–Kier alpha value is -1.32. The van der Waals surface area contributed by atoms with Crippen molar-refractivity contribution in [1.82, 2.24) is 9.97 Å². The van der Waals surface area contributed by atoms with Crippen LogP contribution in [0.25, 0.3) is 0 Å². The third kappa shape index (κ3) is 2.87. The number of aromatic nitrogens is 2. The van der Waals surface area contributed by atoms with Crippen molar-refractivity contribution >= 4 is 11.6 Å². The molecule has 0 aromatic carbocycles. The molecule has 1 aromatic heterocycles. The second-order valence-corrected chi connectivity index (χ2v) is 4.71.